The van der Waals surface area contributed by atoms with E-state index in [-0.39, 0.29) is 18.0 Å². The summed E-state index contributed by atoms with van der Waals surface area (Å²) in [6.45, 7) is 1.89. The number of carbonyl (C=O) groups is 1. The molecule has 0 aliphatic heterocycles. The molecular weight excluding hydrogens is 306 g/mol. The molecule has 0 heterocycles. The van der Waals surface area contributed by atoms with E-state index in [9.17, 15) is 14.9 Å². The van der Waals surface area contributed by atoms with E-state index in [0.29, 0.717) is 5.56 Å². The van der Waals surface area contributed by atoms with Crippen LogP contribution in [-0.4, -0.2) is 17.0 Å². The summed E-state index contributed by atoms with van der Waals surface area (Å²) in [5.74, 6) is -0.285. The predicted molar refractivity (Wildman–Crippen MR) is 93.5 cm³/mol. The van der Waals surface area contributed by atoms with E-state index in [1.54, 1.807) is 18.3 Å². The smallest absolute Gasteiger partial charge is 0.269 e. The van der Waals surface area contributed by atoms with E-state index in [1.165, 1.54) is 12.1 Å². The van der Waals surface area contributed by atoms with Crippen LogP contribution >= 0.6 is 0 Å². The Kier molecular flexibility index (Phi) is 5.96. The Morgan fingerprint density at radius 1 is 1.17 bits per heavy atom. The highest BCUT2D eigenvalue weighted by atomic mass is 16.6. The number of non-ortho nitro benzene ring substituents is 1. The minimum Gasteiger partial charge on any atom is -0.273 e. The molecule has 0 fully saturated rings. The largest absolute Gasteiger partial charge is 0.273 e. The maximum atomic E-state index is 11.8. The lowest BCUT2D eigenvalue weighted by Gasteiger charge is -2.00. The van der Waals surface area contributed by atoms with Gasteiger partial charge in [0.1, 0.15) is 0 Å². The summed E-state index contributed by atoms with van der Waals surface area (Å²) >= 11 is 0. The van der Waals surface area contributed by atoms with Gasteiger partial charge in [0.2, 0.25) is 5.91 Å². The van der Waals surface area contributed by atoms with Crippen molar-refractivity contribution in [2.75, 3.05) is 0 Å². The van der Waals surface area contributed by atoms with Gasteiger partial charge in [0.25, 0.3) is 5.69 Å². The first-order valence-corrected chi connectivity index (χ1v) is 7.33. The molecule has 0 unspecified atom stereocenters. The molecule has 0 radical (unpaired) electrons. The van der Waals surface area contributed by atoms with Crippen molar-refractivity contribution in [1.29, 1.82) is 0 Å². The molecule has 0 saturated heterocycles. The SMILES string of the molecule is CC(/C=N/NC(=O)Cc1ccc([N+](=O)[O-])cc1)=C\c1ccccc1. The van der Waals surface area contributed by atoms with Crippen molar-refractivity contribution in [3.63, 3.8) is 0 Å². The number of carbonyl (C=O) groups excluding carboxylic acids is 1. The van der Waals surface area contributed by atoms with Gasteiger partial charge in [-0.3, -0.25) is 14.9 Å². The Morgan fingerprint density at radius 2 is 1.83 bits per heavy atom. The van der Waals surface area contributed by atoms with Gasteiger partial charge in [-0.15, -0.1) is 0 Å². The molecule has 6 nitrogen and oxygen atoms in total. The number of nitro groups is 1. The van der Waals surface area contributed by atoms with Gasteiger partial charge in [-0.1, -0.05) is 48.5 Å². The minimum atomic E-state index is -0.476. The van der Waals surface area contributed by atoms with Gasteiger partial charge < -0.3 is 0 Å². The van der Waals surface area contributed by atoms with Crippen LogP contribution in [0.15, 0.2) is 65.3 Å². The first-order valence-electron chi connectivity index (χ1n) is 7.33. The van der Waals surface area contributed by atoms with Gasteiger partial charge in [0.15, 0.2) is 0 Å². The van der Waals surface area contributed by atoms with Gasteiger partial charge in [0.05, 0.1) is 17.6 Å². The zero-order valence-electron chi connectivity index (χ0n) is 13.2. The number of amides is 1. The Hall–Kier alpha value is -3.28. The molecule has 0 aliphatic carbocycles. The standard InChI is InChI=1S/C18H17N3O3/c1-14(11-15-5-3-2-4-6-15)13-19-20-18(22)12-16-7-9-17(10-8-16)21(23)24/h2-11,13H,12H2,1H3,(H,20,22)/b14-11+,19-13+. The van der Waals surface area contributed by atoms with Crippen molar-refractivity contribution < 1.29 is 9.72 Å². The number of rotatable bonds is 6. The van der Waals surface area contributed by atoms with Crippen LogP contribution in [0.2, 0.25) is 0 Å². The van der Waals surface area contributed by atoms with Crippen molar-refractivity contribution in [3.8, 4) is 0 Å². The van der Waals surface area contributed by atoms with Gasteiger partial charge in [-0.25, -0.2) is 5.43 Å². The zero-order valence-corrected chi connectivity index (χ0v) is 13.2. The quantitative estimate of drug-likeness (QED) is 0.502. The van der Waals surface area contributed by atoms with Gasteiger partial charge in [-0.2, -0.15) is 5.10 Å². The van der Waals surface area contributed by atoms with E-state index in [0.717, 1.165) is 11.1 Å². The molecule has 0 bridgehead atoms. The number of nitrogens with zero attached hydrogens (tertiary/aromatic N) is 2. The van der Waals surface area contributed by atoms with E-state index >= 15 is 0 Å². The number of nitrogens with one attached hydrogen (secondary N) is 1. The van der Waals surface area contributed by atoms with Gasteiger partial charge in [0, 0.05) is 12.1 Å². The lowest BCUT2D eigenvalue weighted by Crippen LogP contribution is -2.19. The molecule has 0 spiro atoms. The Labute approximate surface area is 139 Å². The first-order chi connectivity index (χ1) is 11.5. The highest BCUT2D eigenvalue weighted by molar-refractivity contribution is 5.86. The van der Waals surface area contributed by atoms with Gasteiger partial charge in [-0.05, 0) is 23.6 Å². The van der Waals surface area contributed by atoms with Crippen molar-refractivity contribution in [2.45, 2.75) is 13.3 Å². The molecule has 2 aromatic carbocycles. The maximum Gasteiger partial charge on any atom is 0.269 e. The lowest BCUT2D eigenvalue weighted by atomic mass is 10.1. The predicted octanol–water partition coefficient (Wildman–Crippen LogP) is 3.34. The Balaban J connectivity index is 1.86. The molecule has 0 saturated carbocycles. The van der Waals surface area contributed by atoms with Crippen molar-refractivity contribution >= 4 is 23.9 Å². The number of allylic oxidation sites excluding steroid dienone is 1. The summed E-state index contributed by atoms with van der Waals surface area (Å²) in [5, 5.41) is 14.5. The van der Waals surface area contributed by atoms with Crippen LogP contribution in [0.1, 0.15) is 18.1 Å². The fourth-order valence-electron chi connectivity index (χ4n) is 2.02. The number of hydrazone groups is 1. The molecular formula is C18H17N3O3. The lowest BCUT2D eigenvalue weighted by molar-refractivity contribution is -0.384. The number of nitro benzene ring substituents is 1. The summed E-state index contributed by atoms with van der Waals surface area (Å²) in [6.07, 6.45) is 3.63. The molecule has 0 aliphatic rings. The summed E-state index contributed by atoms with van der Waals surface area (Å²) in [5.41, 5.74) is 5.08. The fourth-order valence-corrected chi connectivity index (χ4v) is 2.02. The second-order valence-electron chi connectivity index (χ2n) is 5.19. The van der Waals surface area contributed by atoms with Crippen LogP contribution in [0.3, 0.4) is 0 Å². The minimum absolute atomic E-state index is 0.00106. The molecule has 122 valence electrons. The Bertz CT molecular complexity index is 766. The van der Waals surface area contributed by atoms with Gasteiger partial charge >= 0.3 is 0 Å². The van der Waals surface area contributed by atoms with Crippen LogP contribution in [0.5, 0.6) is 0 Å². The fraction of sp³-hybridized carbons (Fsp3) is 0.111. The Morgan fingerprint density at radius 3 is 2.46 bits per heavy atom. The molecule has 2 rings (SSSR count). The highest BCUT2D eigenvalue weighted by Crippen LogP contribution is 2.12. The molecule has 0 atom stereocenters. The van der Waals surface area contributed by atoms with Crippen molar-refractivity contribution in [2.24, 2.45) is 5.10 Å². The summed E-state index contributed by atoms with van der Waals surface area (Å²) in [7, 11) is 0. The average molecular weight is 323 g/mol. The summed E-state index contributed by atoms with van der Waals surface area (Å²) in [4.78, 5) is 21.9. The number of hydrogen-bond acceptors (Lipinski definition) is 4. The first kappa shape index (κ1) is 17.1. The number of benzene rings is 2. The summed E-state index contributed by atoms with van der Waals surface area (Å²) < 4.78 is 0. The third-order valence-electron chi connectivity index (χ3n) is 3.16. The van der Waals surface area contributed by atoms with Crippen LogP contribution in [0.4, 0.5) is 5.69 Å². The zero-order chi connectivity index (χ0) is 17.4. The number of hydrogen-bond donors (Lipinski definition) is 1. The monoisotopic (exact) mass is 323 g/mol. The normalized spacial score (nSPS) is 11.5. The van der Waals surface area contributed by atoms with E-state index in [1.807, 2.05) is 43.3 Å². The van der Waals surface area contributed by atoms with Crippen molar-refractivity contribution in [3.05, 3.63) is 81.4 Å². The van der Waals surface area contributed by atoms with E-state index in [2.05, 4.69) is 10.5 Å². The molecule has 2 aromatic rings. The molecule has 1 amide bonds. The summed E-state index contributed by atoms with van der Waals surface area (Å²) in [6, 6.07) is 15.7. The van der Waals surface area contributed by atoms with Crippen LogP contribution < -0.4 is 5.43 Å². The average Bonchev–Trinajstić information content (AvgIpc) is 2.56. The third-order valence-corrected chi connectivity index (χ3v) is 3.16. The molecule has 24 heavy (non-hydrogen) atoms. The van der Waals surface area contributed by atoms with Crippen LogP contribution in [-0.2, 0) is 11.2 Å². The second kappa shape index (κ2) is 8.38. The molecule has 6 heteroatoms. The maximum absolute atomic E-state index is 11.8. The third kappa shape index (κ3) is 5.49. The second-order valence-corrected chi connectivity index (χ2v) is 5.19. The van der Waals surface area contributed by atoms with Crippen LogP contribution in [0.25, 0.3) is 6.08 Å². The molecule has 0 aromatic heterocycles. The van der Waals surface area contributed by atoms with Crippen molar-refractivity contribution in [1.82, 2.24) is 5.43 Å². The molecule has 1 N–H and O–H groups in total. The highest BCUT2D eigenvalue weighted by Gasteiger charge is 2.06. The van der Waals surface area contributed by atoms with Crippen LogP contribution in [0, 0.1) is 10.1 Å². The van der Waals surface area contributed by atoms with E-state index in [4.69, 9.17) is 0 Å². The van der Waals surface area contributed by atoms with E-state index < -0.39 is 4.92 Å². The topological polar surface area (TPSA) is 84.6 Å².